The molecule has 0 aliphatic heterocycles. The highest BCUT2D eigenvalue weighted by Gasteiger charge is 2.17. The van der Waals surface area contributed by atoms with Gasteiger partial charge in [-0.25, -0.2) is 4.79 Å². The first kappa shape index (κ1) is 22.7. The van der Waals surface area contributed by atoms with Gasteiger partial charge < -0.3 is 25.4 Å². The van der Waals surface area contributed by atoms with Gasteiger partial charge in [0, 0.05) is 0 Å². The normalized spacial score (nSPS) is 10.7. The number of carbonyl (C=O) groups excluding carboxylic acids is 3. The first-order chi connectivity index (χ1) is 14.1. The highest BCUT2D eigenvalue weighted by molar-refractivity contribution is 6.01. The summed E-state index contributed by atoms with van der Waals surface area (Å²) in [4.78, 5) is 36.0. The van der Waals surface area contributed by atoms with Crippen LogP contribution >= 0.6 is 0 Å². The standard InChI is InChI=1S/C22H27N3O5/c1-15-9-11-16(12-10-15)29-14-20(27)25-18-8-6-5-7-17(18)24-19(26)13-23-21(28)30-22(2,3)4/h5-12H,13-14H2,1-4H3,(H,23,28)(H,24,26)(H,25,27). The number of hydrogen-bond donors (Lipinski definition) is 3. The molecule has 0 aromatic heterocycles. The van der Waals surface area contributed by atoms with Crippen LogP contribution in [0.3, 0.4) is 0 Å². The highest BCUT2D eigenvalue weighted by atomic mass is 16.6. The van der Waals surface area contributed by atoms with Crippen LogP contribution < -0.4 is 20.7 Å². The fourth-order valence-electron chi connectivity index (χ4n) is 2.33. The zero-order valence-electron chi connectivity index (χ0n) is 17.6. The van der Waals surface area contributed by atoms with Crippen molar-refractivity contribution in [2.45, 2.75) is 33.3 Å². The molecular formula is C22H27N3O5. The quantitative estimate of drug-likeness (QED) is 0.644. The Morgan fingerprint density at radius 2 is 1.43 bits per heavy atom. The Bertz CT molecular complexity index is 888. The van der Waals surface area contributed by atoms with Gasteiger partial charge in [-0.2, -0.15) is 0 Å². The summed E-state index contributed by atoms with van der Waals surface area (Å²) in [6, 6.07) is 14.1. The molecule has 160 valence electrons. The number of carbonyl (C=O) groups is 3. The van der Waals surface area contributed by atoms with E-state index >= 15 is 0 Å². The predicted octanol–water partition coefficient (Wildman–Crippen LogP) is 3.48. The van der Waals surface area contributed by atoms with Crippen molar-refractivity contribution in [3.05, 3.63) is 54.1 Å². The van der Waals surface area contributed by atoms with Crippen LogP contribution in [0.2, 0.25) is 0 Å². The van der Waals surface area contributed by atoms with E-state index in [1.54, 1.807) is 57.2 Å². The summed E-state index contributed by atoms with van der Waals surface area (Å²) in [6.07, 6.45) is -0.688. The maximum Gasteiger partial charge on any atom is 0.408 e. The molecule has 0 aliphatic rings. The van der Waals surface area contributed by atoms with Crippen LogP contribution in [-0.2, 0) is 14.3 Å². The number of amides is 3. The summed E-state index contributed by atoms with van der Waals surface area (Å²) in [5.74, 6) is -0.242. The van der Waals surface area contributed by atoms with Gasteiger partial charge in [-0.3, -0.25) is 9.59 Å². The van der Waals surface area contributed by atoms with Crippen molar-refractivity contribution in [2.75, 3.05) is 23.8 Å². The minimum absolute atomic E-state index is 0.175. The van der Waals surface area contributed by atoms with Crippen molar-refractivity contribution in [3.63, 3.8) is 0 Å². The van der Waals surface area contributed by atoms with Gasteiger partial charge in [0.25, 0.3) is 5.91 Å². The van der Waals surface area contributed by atoms with Crippen LogP contribution in [0.5, 0.6) is 5.75 Å². The molecule has 0 atom stereocenters. The zero-order valence-corrected chi connectivity index (χ0v) is 17.6. The summed E-state index contributed by atoms with van der Waals surface area (Å²) in [5.41, 5.74) is 1.26. The van der Waals surface area contributed by atoms with Crippen molar-refractivity contribution in [1.82, 2.24) is 5.32 Å². The molecule has 0 saturated carbocycles. The summed E-state index contributed by atoms with van der Waals surface area (Å²) in [5, 5.41) is 7.73. The molecule has 0 aliphatic carbocycles. The molecule has 0 bridgehead atoms. The average molecular weight is 413 g/mol. The van der Waals surface area contributed by atoms with Crippen LogP contribution in [0, 0.1) is 6.92 Å². The van der Waals surface area contributed by atoms with E-state index in [9.17, 15) is 14.4 Å². The fourth-order valence-corrected chi connectivity index (χ4v) is 2.33. The van der Waals surface area contributed by atoms with E-state index in [4.69, 9.17) is 9.47 Å². The third-order valence-corrected chi connectivity index (χ3v) is 3.66. The number of alkyl carbamates (subject to hydrolysis) is 1. The van der Waals surface area contributed by atoms with Crippen molar-refractivity contribution in [2.24, 2.45) is 0 Å². The third kappa shape index (κ3) is 8.22. The van der Waals surface area contributed by atoms with Gasteiger partial charge in [0.15, 0.2) is 6.61 Å². The second kappa shape index (κ2) is 10.3. The molecule has 0 radical (unpaired) electrons. The van der Waals surface area contributed by atoms with Crippen molar-refractivity contribution in [1.29, 1.82) is 0 Å². The third-order valence-electron chi connectivity index (χ3n) is 3.66. The van der Waals surface area contributed by atoms with E-state index in [1.807, 2.05) is 19.1 Å². The molecule has 8 heteroatoms. The monoisotopic (exact) mass is 413 g/mol. The zero-order chi connectivity index (χ0) is 22.1. The lowest BCUT2D eigenvalue weighted by Crippen LogP contribution is -2.37. The molecule has 0 fully saturated rings. The lowest BCUT2D eigenvalue weighted by molar-refractivity contribution is -0.118. The van der Waals surface area contributed by atoms with Crippen molar-refractivity contribution >= 4 is 29.3 Å². The SMILES string of the molecule is Cc1ccc(OCC(=O)Nc2ccccc2NC(=O)CNC(=O)OC(C)(C)C)cc1. The van der Waals surface area contributed by atoms with E-state index < -0.39 is 17.6 Å². The summed E-state index contributed by atoms with van der Waals surface area (Å²) >= 11 is 0. The van der Waals surface area contributed by atoms with Gasteiger partial charge in [-0.1, -0.05) is 29.8 Å². The van der Waals surface area contributed by atoms with E-state index in [2.05, 4.69) is 16.0 Å². The minimum atomic E-state index is -0.688. The van der Waals surface area contributed by atoms with Crippen LogP contribution in [0.25, 0.3) is 0 Å². The fraction of sp³-hybridized carbons (Fsp3) is 0.318. The summed E-state index contributed by atoms with van der Waals surface area (Å²) in [6.45, 7) is 6.71. The minimum Gasteiger partial charge on any atom is -0.484 e. The number of rotatable bonds is 7. The van der Waals surface area contributed by atoms with Crippen LogP contribution in [0.4, 0.5) is 16.2 Å². The molecular weight excluding hydrogens is 386 g/mol. The smallest absolute Gasteiger partial charge is 0.408 e. The van der Waals surface area contributed by atoms with Crippen molar-refractivity contribution < 1.29 is 23.9 Å². The Kier molecular flexibility index (Phi) is 7.80. The van der Waals surface area contributed by atoms with E-state index in [1.165, 1.54) is 0 Å². The number of para-hydroxylation sites is 2. The number of anilines is 2. The second-order valence-electron chi connectivity index (χ2n) is 7.60. The van der Waals surface area contributed by atoms with E-state index in [0.717, 1.165) is 5.56 Å². The molecule has 0 saturated heterocycles. The first-order valence-corrected chi connectivity index (χ1v) is 9.47. The molecule has 2 aromatic rings. The largest absolute Gasteiger partial charge is 0.484 e. The maximum absolute atomic E-state index is 12.2. The van der Waals surface area contributed by atoms with Gasteiger partial charge in [-0.05, 0) is 52.0 Å². The van der Waals surface area contributed by atoms with E-state index in [0.29, 0.717) is 17.1 Å². The Balaban J connectivity index is 1.87. The van der Waals surface area contributed by atoms with Gasteiger partial charge in [0.2, 0.25) is 5.91 Å². The highest BCUT2D eigenvalue weighted by Crippen LogP contribution is 2.21. The number of ether oxygens (including phenoxy) is 2. The van der Waals surface area contributed by atoms with E-state index in [-0.39, 0.29) is 19.1 Å². The van der Waals surface area contributed by atoms with Gasteiger partial charge in [0.05, 0.1) is 11.4 Å². The first-order valence-electron chi connectivity index (χ1n) is 9.47. The molecule has 0 spiro atoms. The van der Waals surface area contributed by atoms with Crippen LogP contribution in [0.1, 0.15) is 26.3 Å². The molecule has 2 aromatic carbocycles. The molecule has 2 rings (SSSR count). The van der Waals surface area contributed by atoms with Crippen LogP contribution in [0.15, 0.2) is 48.5 Å². The molecule has 3 amide bonds. The molecule has 8 nitrogen and oxygen atoms in total. The second-order valence-corrected chi connectivity index (χ2v) is 7.60. The molecule has 0 heterocycles. The van der Waals surface area contributed by atoms with Gasteiger partial charge in [0.1, 0.15) is 17.9 Å². The summed E-state index contributed by atoms with van der Waals surface area (Å²) < 4.78 is 10.5. The Morgan fingerprint density at radius 3 is 2.00 bits per heavy atom. The number of nitrogens with one attached hydrogen (secondary N) is 3. The lowest BCUT2D eigenvalue weighted by atomic mass is 10.2. The Hall–Kier alpha value is -3.55. The topological polar surface area (TPSA) is 106 Å². The molecule has 0 unspecified atom stereocenters. The van der Waals surface area contributed by atoms with Gasteiger partial charge in [-0.15, -0.1) is 0 Å². The number of hydrogen-bond acceptors (Lipinski definition) is 5. The summed E-state index contributed by atoms with van der Waals surface area (Å²) in [7, 11) is 0. The predicted molar refractivity (Wildman–Crippen MR) is 115 cm³/mol. The van der Waals surface area contributed by atoms with Crippen LogP contribution in [-0.4, -0.2) is 36.7 Å². The Morgan fingerprint density at radius 1 is 0.867 bits per heavy atom. The molecule has 3 N–H and O–H groups in total. The van der Waals surface area contributed by atoms with Crippen molar-refractivity contribution in [3.8, 4) is 5.75 Å². The lowest BCUT2D eigenvalue weighted by Gasteiger charge is -2.19. The maximum atomic E-state index is 12.2. The average Bonchev–Trinajstić information content (AvgIpc) is 2.66. The Labute approximate surface area is 175 Å². The number of benzene rings is 2. The van der Waals surface area contributed by atoms with Gasteiger partial charge >= 0.3 is 6.09 Å². The number of aryl methyl sites for hydroxylation is 1. The molecule has 30 heavy (non-hydrogen) atoms.